The number of hydrogen-bond donors (Lipinski definition) is 3. The van der Waals surface area contributed by atoms with E-state index in [-0.39, 0.29) is 5.91 Å². The Labute approximate surface area is 91.2 Å². The zero-order valence-electron chi connectivity index (χ0n) is 9.62. The maximum Gasteiger partial charge on any atom is 0.236 e. The molecule has 4 nitrogen and oxygen atoms in total. The second-order valence-electron chi connectivity index (χ2n) is 4.91. The molecule has 0 radical (unpaired) electrons. The van der Waals surface area contributed by atoms with E-state index in [0.29, 0.717) is 12.5 Å². The lowest BCUT2D eigenvalue weighted by atomic mass is 9.79. The highest BCUT2D eigenvalue weighted by Gasteiger charge is 2.32. The van der Waals surface area contributed by atoms with Crippen LogP contribution < -0.4 is 11.1 Å². The predicted octanol–water partition coefficient (Wildman–Crippen LogP) is 0.391. The van der Waals surface area contributed by atoms with Crippen LogP contribution in [-0.4, -0.2) is 29.2 Å². The van der Waals surface area contributed by atoms with Crippen molar-refractivity contribution in [3.8, 4) is 0 Å². The fourth-order valence-electron chi connectivity index (χ4n) is 1.89. The first-order chi connectivity index (χ1) is 6.93. The van der Waals surface area contributed by atoms with Crippen LogP contribution in [0.5, 0.6) is 0 Å². The van der Waals surface area contributed by atoms with Crippen LogP contribution >= 0.6 is 0 Å². The summed E-state index contributed by atoms with van der Waals surface area (Å²) in [6, 6.07) is -0.504. The van der Waals surface area contributed by atoms with Gasteiger partial charge in [-0.15, -0.1) is 0 Å². The Bertz CT molecular complexity index is 221. The van der Waals surface area contributed by atoms with Crippen molar-refractivity contribution in [2.45, 2.75) is 51.2 Å². The molecule has 4 heteroatoms. The van der Waals surface area contributed by atoms with Gasteiger partial charge in [0.25, 0.3) is 0 Å². The molecule has 0 saturated heterocycles. The van der Waals surface area contributed by atoms with E-state index in [0.717, 1.165) is 25.7 Å². The Kier molecular flexibility index (Phi) is 4.11. The van der Waals surface area contributed by atoms with Gasteiger partial charge in [-0.25, -0.2) is 0 Å². The average Bonchev–Trinajstić information content (AvgIpc) is 2.19. The molecule has 1 rings (SSSR count). The van der Waals surface area contributed by atoms with Gasteiger partial charge in [0, 0.05) is 6.54 Å². The maximum atomic E-state index is 11.2. The number of nitrogens with one attached hydrogen (secondary N) is 1. The second-order valence-corrected chi connectivity index (χ2v) is 4.91. The third-order valence-corrected chi connectivity index (χ3v) is 3.21. The monoisotopic (exact) mass is 214 g/mol. The Hall–Kier alpha value is -0.610. The van der Waals surface area contributed by atoms with Gasteiger partial charge in [-0.2, -0.15) is 0 Å². The van der Waals surface area contributed by atoms with E-state index in [1.54, 1.807) is 6.92 Å². The molecule has 0 unspecified atom stereocenters. The number of hydrogen-bond acceptors (Lipinski definition) is 3. The van der Waals surface area contributed by atoms with Crippen molar-refractivity contribution in [1.29, 1.82) is 0 Å². The molecule has 0 aromatic rings. The zero-order chi connectivity index (χ0) is 11.5. The summed E-state index contributed by atoms with van der Waals surface area (Å²) >= 11 is 0. The minimum atomic E-state index is -0.711. The summed E-state index contributed by atoms with van der Waals surface area (Å²) in [7, 11) is 0. The number of aliphatic hydroxyl groups is 1. The lowest BCUT2D eigenvalue weighted by molar-refractivity contribution is -0.123. The van der Waals surface area contributed by atoms with E-state index in [1.807, 2.05) is 0 Å². The molecule has 1 aliphatic carbocycles. The first kappa shape index (κ1) is 12.5. The SMILES string of the molecule is CC1CCC(O)(CNC(=O)[C@H](C)N)CC1. The van der Waals surface area contributed by atoms with Gasteiger partial charge >= 0.3 is 0 Å². The Morgan fingerprint density at radius 3 is 2.60 bits per heavy atom. The molecule has 0 aromatic heterocycles. The van der Waals surface area contributed by atoms with E-state index in [4.69, 9.17) is 5.73 Å². The first-order valence-corrected chi connectivity index (χ1v) is 5.69. The normalized spacial score (nSPS) is 33.5. The van der Waals surface area contributed by atoms with Gasteiger partial charge in [0.15, 0.2) is 0 Å². The smallest absolute Gasteiger partial charge is 0.236 e. The molecular formula is C11H22N2O2. The predicted molar refractivity (Wildman–Crippen MR) is 59.2 cm³/mol. The van der Waals surface area contributed by atoms with Crippen LogP contribution in [0.25, 0.3) is 0 Å². The molecule has 1 amide bonds. The van der Waals surface area contributed by atoms with Gasteiger partial charge in [0.2, 0.25) is 5.91 Å². The van der Waals surface area contributed by atoms with E-state index in [2.05, 4.69) is 12.2 Å². The second kappa shape index (κ2) is 4.94. The summed E-state index contributed by atoms with van der Waals surface area (Å²) in [6.45, 7) is 4.17. The Morgan fingerprint density at radius 2 is 2.13 bits per heavy atom. The molecular weight excluding hydrogens is 192 g/mol. The van der Waals surface area contributed by atoms with Crippen LogP contribution in [0.2, 0.25) is 0 Å². The van der Waals surface area contributed by atoms with Crippen LogP contribution in [0.4, 0.5) is 0 Å². The van der Waals surface area contributed by atoms with Gasteiger partial charge < -0.3 is 16.2 Å². The highest BCUT2D eigenvalue weighted by atomic mass is 16.3. The average molecular weight is 214 g/mol. The van der Waals surface area contributed by atoms with Crippen molar-refractivity contribution in [3.05, 3.63) is 0 Å². The Balaban J connectivity index is 2.34. The van der Waals surface area contributed by atoms with Crippen LogP contribution in [0, 0.1) is 5.92 Å². The van der Waals surface area contributed by atoms with Gasteiger partial charge in [0.1, 0.15) is 0 Å². The van der Waals surface area contributed by atoms with Crippen LogP contribution in [0.15, 0.2) is 0 Å². The van der Waals surface area contributed by atoms with Crippen molar-refractivity contribution in [2.24, 2.45) is 11.7 Å². The van der Waals surface area contributed by atoms with E-state index in [1.165, 1.54) is 0 Å². The van der Waals surface area contributed by atoms with Crippen molar-refractivity contribution in [1.82, 2.24) is 5.32 Å². The molecule has 0 spiro atoms. The molecule has 15 heavy (non-hydrogen) atoms. The minimum absolute atomic E-state index is 0.193. The standard InChI is InChI=1S/C11H22N2O2/c1-8-3-5-11(15,6-4-8)7-13-10(14)9(2)12/h8-9,15H,3-7,12H2,1-2H3,(H,13,14)/t8?,9-,11?/m0/s1. The Morgan fingerprint density at radius 1 is 1.60 bits per heavy atom. The number of carbonyl (C=O) groups is 1. The molecule has 4 N–H and O–H groups in total. The first-order valence-electron chi connectivity index (χ1n) is 5.69. The quantitative estimate of drug-likeness (QED) is 0.636. The van der Waals surface area contributed by atoms with Gasteiger partial charge in [0.05, 0.1) is 11.6 Å². The zero-order valence-corrected chi connectivity index (χ0v) is 9.62. The number of amides is 1. The maximum absolute atomic E-state index is 11.2. The van der Waals surface area contributed by atoms with Crippen molar-refractivity contribution < 1.29 is 9.90 Å². The number of nitrogens with two attached hydrogens (primary N) is 1. The largest absolute Gasteiger partial charge is 0.388 e. The fourth-order valence-corrected chi connectivity index (χ4v) is 1.89. The van der Waals surface area contributed by atoms with Gasteiger partial charge in [-0.3, -0.25) is 4.79 Å². The molecule has 1 aliphatic rings. The molecule has 0 bridgehead atoms. The summed E-state index contributed by atoms with van der Waals surface area (Å²) in [5.41, 5.74) is 4.71. The molecule has 0 aliphatic heterocycles. The van der Waals surface area contributed by atoms with Crippen molar-refractivity contribution in [2.75, 3.05) is 6.54 Å². The minimum Gasteiger partial charge on any atom is -0.388 e. The van der Waals surface area contributed by atoms with E-state index in [9.17, 15) is 9.90 Å². The van der Waals surface area contributed by atoms with Crippen LogP contribution in [0.3, 0.4) is 0 Å². The lowest BCUT2D eigenvalue weighted by Crippen LogP contribution is -2.48. The van der Waals surface area contributed by atoms with Crippen LogP contribution in [0.1, 0.15) is 39.5 Å². The summed E-state index contributed by atoms with van der Waals surface area (Å²) in [5.74, 6) is 0.497. The van der Waals surface area contributed by atoms with Crippen LogP contribution in [-0.2, 0) is 4.79 Å². The lowest BCUT2D eigenvalue weighted by Gasteiger charge is -2.35. The molecule has 1 atom stereocenters. The molecule has 0 heterocycles. The third-order valence-electron chi connectivity index (χ3n) is 3.21. The molecule has 88 valence electrons. The van der Waals surface area contributed by atoms with Crippen molar-refractivity contribution in [3.63, 3.8) is 0 Å². The van der Waals surface area contributed by atoms with E-state index >= 15 is 0 Å². The number of carbonyl (C=O) groups excluding carboxylic acids is 1. The third kappa shape index (κ3) is 3.80. The van der Waals surface area contributed by atoms with Gasteiger partial charge in [-0.1, -0.05) is 6.92 Å². The van der Waals surface area contributed by atoms with Gasteiger partial charge in [-0.05, 0) is 38.5 Å². The summed E-state index contributed by atoms with van der Waals surface area (Å²) < 4.78 is 0. The van der Waals surface area contributed by atoms with E-state index < -0.39 is 11.6 Å². The highest BCUT2D eigenvalue weighted by molar-refractivity contribution is 5.81. The molecule has 0 aromatic carbocycles. The fraction of sp³-hybridized carbons (Fsp3) is 0.909. The molecule has 1 saturated carbocycles. The summed E-state index contributed by atoms with van der Waals surface area (Å²) in [5, 5.41) is 12.9. The summed E-state index contributed by atoms with van der Waals surface area (Å²) in [6.07, 6.45) is 3.61. The summed E-state index contributed by atoms with van der Waals surface area (Å²) in [4.78, 5) is 11.2. The molecule has 1 fully saturated rings. The number of rotatable bonds is 3. The highest BCUT2D eigenvalue weighted by Crippen LogP contribution is 2.31. The van der Waals surface area contributed by atoms with Crippen molar-refractivity contribution >= 4 is 5.91 Å². The topological polar surface area (TPSA) is 75.3 Å².